The molecule has 4 rings (SSSR count). The van der Waals surface area contributed by atoms with Crippen molar-refractivity contribution in [2.75, 3.05) is 18.8 Å². The number of halogens is 7. The van der Waals surface area contributed by atoms with Crippen LogP contribution in [0.15, 0.2) is 18.5 Å². The van der Waals surface area contributed by atoms with Gasteiger partial charge in [0.25, 0.3) is 11.8 Å². The summed E-state index contributed by atoms with van der Waals surface area (Å²) in [6.07, 6.45) is -12.2. The zero-order chi connectivity index (χ0) is 30.7. The molecule has 0 aliphatic carbocycles. The zero-order valence-corrected chi connectivity index (χ0v) is 21.7. The molecule has 10 nitrogen and oxygen atoms in total. The van der Waals surface area contributed by atoms with Crippen LogP contribution >= 0.6 is 0 Å². The number of likely N-dealkylation sites (tertiary alicyclic amines) is 1. The minimum absolute atomic E-state index is 0.0579. The second-order valence-electron chi connectivity index (χ2n) is 9.62. The van der Waals surface area contributed by atoms with E-state index in [9.17, 15) is 45.4 Å². The Balaban J connectivity index is 1.66. The number of hydrogen-bond acceptors (Lipinski definition) is 7. The number of aromatic nitrogens is 4. The van der Waals surface area contributed by atoms with Crippen molar-refractivity contribution in [1.29, 1.82) is 0 Å². The van der Waals surface area contributed by atoms with Gasteiger partial charge in [0.15, 0.2) is 5.82 Å². The van der Waals surface area contributed by atoms with Crippen LogP contribution < -0.4 is 11.1 Å². The lowest BCUT2D eigenvalue weighted by Gasteiger charge is -2.31. The van der Waals surface area contributed by atoms with E-state index in [1.807, 2.05) is 0 Å². The Hall–Kier alpha value is -4.02. The van der Waals surface area contributed by atoms with Crippen LogP contribution in [-0.2, 0) is 11.0 Å². The standard InChI is InChI=1S/C24H24F7N7O3/c1-4-22(41,24(29,30)31)21(40)37-7-15(25)16(8-37)36-20(39)13-5-12(10(2)35-11(13)3)17-6-14(23(26,27)28)18-19(32)33-9-34-38(17)18/h5-6,9,15-16,41H,4,7-8H2,1-3H3,(H,36,39)(H2,32,33,34)/t15-,16+,22?/m0/s1. The molecule has 0 aromatic carbocycles. The molecule has 4 heterocycles. The van der Waals surface area contributed by atoms with Crippen molar-refractivity contribution in [1.82, 2.24) is 29.8 Å². The number of carbonyl (C=O) groups excluding carboxylic acids is 2. The van der Waals surface area contributed by atoms with Crippen LogP contribution in [0.2, 0.25) is 0 Å². The van der Waals surface area contributed by atoms with Gasteiger partial charge in [0.2, 0.25) is 5.60 Å². The van der Waals surface area contributed by atoms with E-state index in [0.717, 1.165) is 23.8 Å². The number of nitrogens with zero attached hydrogens (tertiary/aromatic N) is 5. The first kappa shape index (κ1) is 30.0. The number of alkyl halides is 7. The second-order valence-corrected chi connectivity index (χ2v) is 9.62. The summed E-state index contributed by atoms with van der Waals surface area (Å²) in [7, 11) is 0. The van der Waals surface area contributed by atoms with E-state index in [4.69, 9.17) is 5.73 Å². The van der Waals surface area contributed by atoms with Crippen molar-refractivity contribution in [3.8, 4) is 11.3 Å². The SMILES string of the molecule is CCC(O)(C(=O)N1C[C@H](F)[C@H](NC(=O)c2cc(-c3cc(C(F)(F)F)c4c(N)ncnn34)c(C)nc2C)C1)C(F)(F)F. The topological polar surface area (TPSA) is 139 Å². The first-order valence-corrected chi connectivity index (χ1v) is 12.1. The normalized spacial score (nSPS) is 19.4. The van der Waals surface area contributed by atoms with E-state index in [1.165, 1.54) is 19.9 Å². The maximum absolute atomic E-state index is 14.8. The number of carbonyl (C=O) groups is 2. The van der Waals surface area contributed by atoms with Gasteiger partial charge in [-0.1, -0.05) is 6.92 Å². The largest absolute Gasteiger partial charge is 0.426 e. The van der Waals surface area contributed by atoms with Crippen LogP contribution in [0.1, 0.15) is 40.7 Å². The van der Waals surface area contributed by atoms with Crippen LogP contribution in [0.25, 0.3) is 16.8 Å². The van der Waals surface area contributed by atoms with E-state index < -0.39 is 78.4 Å². The fraction of sp³-hybridized carbons (Fsp3) is 0.458. The highest BCUT2D eigenvalue weighted by molar-refractivity contribution is 5.97. The highest BCUT2D eigenvalue weighted by Gasteiger charge is 2.60. The van der Waals surface area contributed by atoms with Gasteiger partial charge < -0.3 is 21.1 Å². The van der Waals surface area contributed by atoms with Crippen molar-refractivity contribution in [3.05, 3.63) is 41.0 Å². The molecule has 0 bridgehead atoms. The molecule has 1 saturated heterocycles. The lowest BCUT2D eigenvalue weighted by atomic mass is 9.98. The van der Waals surface area contributed by atoms with Gasteiger partial charge in [-0.25, -0.2) is 13.9 Å². The summed E-state index contributed by atoms with van der Waals surface area (Å²) in [5.74, 6) is -3.13. The van der Waals surface area contributed by atoms with Crippen molar-refractivity contribution < 1.29 is 45.4 Å². The average Bonchev–Trinajstić information content (AvgIpc) is 3.44. The predicted molar refractivity (Wildman–Crippen MR) is 129 cm³/mol. The van der Waals surface area contributed by atoms with E-state index >= 15 is 0 Å². The molecule has 3 aromatic rings. The molecule has 1 unspecified atom stereocenters. The number of aliphatic hydroxyl groups is 1. The highest BCUT2D eigenvalue weighted by atomic mass is 19.4. The Morgan fingerprint density at radius 1 is 1.12 bits per heavy atom. The first-order chi connectivity index (χ1) is 18.9. The molecule has 41 heavy (non-hydrogen) atoms. The van der Waals surface area contributed by atoms with Crippen LogP contribution in [0.5, 0.6) is 0 Å². The molecule has 2 amide bonds. The van der Waals surface area contributed by atoms with Crippen molar-refractivity contribution in [3.63, 3.8) is 0 Å². The third-order valence-electron chi connectivity index (χ3n) is 7.00. The quantitative estimate of drug-likeness (QED) is 0.388. The molecule has 3 atom stereocenters. The van der Waals surface area contributed by atoms with Gasteiger partial charge in [-0.05, 0) is 32.4 Å². The molecule has 0 saturated carbocycles. The number of fused-ring (bicyclic) bond motifs is 1. The summed E-state index contributed by atoms with van der Waals surface area (Å²) in [5.41, 5.74) is 0.434. The Morgan fingerprint density at radius 2 is 1.78 bits per heavy atom. The smallest absolute Gasteiger partial charge is 0.382 e. The summed E-state index contributed by atoms with van der Waals surface area (Å²) in [6.45, 7) is 2.38. The van der Waals surface area contributed by atoms with Crippen molar-refractivity contribution >= 4 is 23.1 Å². The van der Waals surface area contributed by atoms with Crippen molar-refractivity contribution in [2.24, 2.45) is 0 Å². The number of hydrogen-bond donors (Lipinski definition) is 3. The Labute approximate surface area is 227 Å². The molecule has 222 valence electrons. The van der Waals surface area contributed by atoms with Gasteiger partial charge in [-0.3, -0.25) is 14.6 Å². The molecular formula is C24H24F7N7O3. The molecular weight excluding hydrogens is 567 g/mol. The molecule has 4 N–H and O–H groups in total. The summed E-state index contributed by atoms with van der Waals surface area (Å²) in [6, 6.07) is 0.552. The van der Waals surface area contributed by atoms with Crippen LogP contribution in [0.3, 0.4) is 0 Å². The fourth-order valence-corrected chi connectivity index (χ4v) is 4.74. The van der Waals surface area contributed by atoms with Crippen LogP contribution in [0, 0.1) is 13.8 Å². The van der Waals surface area contributed by atoms with E-state index in [2.05, 4.69) is 20.4 Å². The molecule has 1 aliphatic heterocycles. The minimum Gasteiger partial charge on any atom is -0.382 e. The van der Waals surface area contributed by atoms with Gasteiger partial charge in [-0.15, -0.1) is 0 Å². The van der Waals surface area contributed by atoms with Crippen molar-refractivity contribution in [2.45, 2.75) is 57.4 Å². The summed E-state index contributed by atoms with van der Waals surface area (Å²) < 4.78 is 97.0. The second kappa shape index (κ2) is 10.1. The number of amides is 2. The fourth-order valence-electron chi connectivity index (χ4n) is 4.74. The van der Waals surface area contributed by atoms with E-state index in [0.29, 0.717) is 4.90 Å². The molecule has 1 fully saturated rings. The number of aryl methyl sites for hydroxylation is 2. The van der Waals surface area contributed by atoms with Crippen LogP contribution in [-0.4, -0.2) is 78.5 Å². The van der Waals surface area contributed by atoms with Gasteiger partial charge in [0, 0.05) is 17.8 Å². The van der Waals surface area contributed by atoms with Crippen LogP contribution in [0.4, 0.5) is 36.6 Å². The lowest BCUT2D eigenvalue weighted by molar-refractivity contribution is -0.256. The number of nitrogens with two attached hydrogens (primary N) is 1. The third kappa shape index (κ3) is 5.13. The number of anilines is 1. The first-order valence-electron chi connectivity index (χ1n) is 12.1. The van der Waals surface area contributed by atoms with Gasteiger partial charge in [-0.2, -0.15) is 31.4 Å². The van der Waals surface area contributed by atoms with E-state index in [-0.39, 0.29) is 28.2 Å². The Bertz CT molecular complexity index is 1520. The molecule has 17 heteroatoms. The molecule has 0 radical (unpaired) electrons. The summed E-state index contributed by atoms with van der Waals surface area (Å²) >= 11 is 0. The Kier molecular flexibility index (Phi) is 7.39. The highest BCUT2D eigenvalue weighted by Crippen LogP contribution is 2.39. The number of nitrogen functional groups attached to an aromatic ring is 1. The summed E-state index contributed by atoms with van der Waals surface area (Å²) in [4.78, 5) is 33.9. The number of nitrogens with one attached hydrogen (secondary N) is 1. The molecule has 3 aromatic heterocycles. The van der Waals surface area contributed by atoms with E-state index in [1.54, 1.807) is 0 Å². The monoisotopic (exact) mass is 591 g/mol. The lowest BCUT2D eigenvalue weighted by Crippen LogP contribution is -2.57. The summed E-state index contributed by atoms with van der Waals surface area (Å²) in [5, 5.41) is 16.1. The van der Waals surface area contributed by atoms with Gasteiger partial charge in [0.1, 0.15) is 18.0 Å². The maximum atomic E-state index is 14.8. The maximum Gasteiger partial charge on any atom is 0.426 e. The van der Waals surface area contributed by atoms with Gasteiger partial charge in [0.05, 0.1) is 35.1 Å². The third-order valence-corrected chi connectivity index (χ3v) is 7.00. The minimum atomic E-state index is -5.31. The molecule has 0 spiro atoms. The predicted octanol–water partition coefficient (Wildman–Crippen LogP) is 2.99. The van der Waals surface area contributed by atoms with Gasteiger partial charge >= 0.3 is 12.4 Å². The average molecular weight is 591 g/mol. The number of pyridine rings is 1. The zero-order valence-electron chi connectivity index (χ0n) is 21.7. The number of rotatable bonds is 5. The molecule has 1 aliphatic rings. The Morgan fingerprint density at radius 3 is 2.37 bits per heavy atom.